The predicted octanol–water partition coefficient (Wildman–Crippen LogP) is 3.91. The quantitative estimate of drug-likeness (QED) is 0.755. The molecule has 1 fully saturated rings. The summed E-state index contributed by atoms with van der Waals surface area (Å²) in [6.07, 6.45) is 3.13. The summed E-state index contributed by atoms with van der Waals surface area (Å²) >= 11 is 10.2. The highest BCUT2D eigenvalue weighted by Crippen LogP contribution is 2.36. The van der Waals surface area contributed by atoms with E-state index in [2.05, 4.69) is 20.9 Å². The van der Waals surface area contributed by atoms with E-state index in [1.54, 1.807) is 4.31 Å². The Hall–Kier alpha value is -0.470. The highest BCUT2D eigenvalue weighted by atomic mass is 79.9. The molecule has 1 aromatic carbocycles. The SMILES string of the molecule is O=S(=O)(c1cnc(Cl)s1)N(Cc1ccccc1Br)C1CC1. The number of aromatic nitrogens is 1. The molecule has 0 radical (unpaired) electrons. The zero-order chi connectivity index (χ0) is 15.0. The lowest BCUT2D eigenvalue weighted by molar-refractivity contribution is 0.399. The maximum Gasteiger partial charge on any atom is 0.254 e. The maximum atomic E-state index is 12.8. The molecule has 1 heterocycles. The highest BCUT2D eigenvalue weighted by Gasteiger charge is 2.39. The van der Waals surface area contributed by atoms with Gasteiger partial charge in [-0.05, 0) is 24.5 Å². The minimum atomic E-state index is -3.55. The molecule has 0 saturated heterocycles. The van der Waals surface area contributed by atoms with Gasteiger partial charge in [-0.1, -0.05) is 57.1 Å². The average Bonchev–Trinajstić information content (AvgIpc) is 3.18. The first kappa shape index (κ1) is 15.4. The van der Waals surface area contributed by atoms with Gasteiger partial charge in [0.15, 0.2) is 8.68 Å². The molecule has 21 heavy (non-hydrogen) atoms. The van der Waals surface area contributed by atoms with E-state index >= 15 is 0 Å². The minimum absolute atomic E-state index is 0.0722. The van der Waals surface area contributed by atoms with Crippen molar-refractivity contribution in [2.24, 2.45) is 0 Å². The van der Waals surface area contributed by atoms with E-state index in [1.165, 1.54) is 6.20 Å². The molecule has 1 aromatic heterocycles. The van der Waals surface area contributed by atoms with E-state index in [4.69, 9.17) is 11.6 Å². The monoisotopic (exact) mass is 406 g/mol. The van der Waals surface area contributed by atoms with Gasteiger partial charge in [-0.25, -0.2) is 13.4 Å². The van der Waals surface area contributed by atoms with Crippen molar-refractivity contribution in [2.75, 3.05) is 0 Å². The molecule has 0 spiro atoms. The van der Waals surface area contributed by atoms with Crippen LogP contribution in [0.1, 0.15) is 18.4 Å². The van der Waals surface area contributed by atoms with Crippen molar-refractivity contribution >= 4 is 48.9 Å². The van der Waals surface area contributed by atoms with Gasteiger partial charge in [0.1, 0.15) is 0 Å². The lowest BCUT2D eigenvalue weighted by Crippen LogP contribution is -2.32. The number of benzene rings is 1. The van der Waals surface area contributed by atoms with Crippen LogP contribution in [0.15, 0.2) is 39.1 Å². The summed E-state index contributed by atoms with van der Waals surface area (Å²) in [4.78, 5) is 3.84. The number of hydrogen-bond acceptors (Lipinski definition) is 4. The molecule has 0 atom stereocenters. The van der Waals surface area contributed by atoms with E-state index in [0.29, 0.717) is 6.54 Å². The molecule has 1 saturated carbocycles. The summed E-state index contributed by atoms with van der Waals surface area (Å²) in [5.41, 5.74) is 0.948. The van der Waals surface area contributed by atoms with Crippen molar-refractivity contribution in [3.63, 3.8) is 0 Å². The van der Waals surface area contributed by atoms with Crippen molar-refractivity contribution in [2.45, 2.75) is 29.6 Å². The third kappa shape index (κ3) is 3.32. The fourth-order valence-corrected chi connectivity index (χ4v) is 5.54. The zero-order valence-electron chi connectivity index (χ0n) is 10.9. The molecule has 0 bridgehead atoms. The third-order valence-electron chi connectivity index (χ3n) is 3.26. The Morgan fingerprint density at radius 1 is 1.38 bits per heavy atom. The average molecular weight is 408 g/mol. The van der Waals surface area contributed by atoms with Crippen LogP contribution in [-0.4, -0.2) is 23.7 Å². The van der Waals surface area contributed by atoms with Crippen molar-refractivity contribution in [1.82, 2.24) is 9.29 Å². The van der Waals surface area contributed by atoms with Crippen LogP contribution in [0.5, 0.6) is 0 Å². The Morgan fingerprint density at radius 2 is 2.10 bits per heavy atom. The van der Waals surface area contributed by atoms with Gasteiger partial charge < -0.3 is 0 Å². The summed E-state index contributed by atoms with van der Waals surface area (Å²) in [5.74, 6) is 0. The van der Waals surface area contributed by atoms with Gasteiger partial charge in [0.05, 0.1) is 6.20 Å². The van der Waals surface area contributed by atoms with Crippen LogP contribution in [0.2, 0.25) is 4.47 Å². The van der Waals surface area contributed by atoms with Crippen LogP contribution in [-0.2, 0) is 16.6 Å². The molecule has 0 aliphatic heterocycles. The molecule has 0 amide bonds. The normalized spacial score (nSPS) is 15.6. The smallest absolute Gasteiger partial charge is 0.232 e. The summed E-state index contributed by atoms with van der Waals surface area (Å²) in [6.45, 7) is 0.351. The van der Waals surface area contributed by atoms with E-state index < -0.39 is 10.0 Å². The number of halogens is 2. The van der Waals surface area contributed by atoms with Crippen molar-refractivity contribution in [3.8, 4) is 0 Å². The number of rotatable bonds is 5. The molecular formula is C13H12BrClN2O2S2. The Morgan fingerprint density at radius 3 is 2.67 bits per heavy atom. The lowest BCUT2D eigenvalue weighted by atomic mass is 10.2. The minimum Gasteiger partial charge on any atom is -0.232 e. The van der Waals surface area contributed by atoms with Crippen molar-refractivity contribution in [1.29, 1.82) is 0 Å². The first-order chi connectivity index (χ1) is 9.98. The molecule has 4 nitrogen and oxygen atoms in total. The summed E-state index contributed by atoms with van der Waals surface area (Å²) in [7, 11) is -3.55. The second kappa shape index (κ2) is 5.96. The zero-order valence-corrected chi connectivity index (χ0v) is 14.8. The lowest BCUT2D eigenvalue weighted by Gasteiger charge is -2.21. The summed E-state index contributed by atoms with van der Waals surface area (Å²) in [5, 5.41) is 0. The van der Waals surface area contributed by atoms with Crippen LogP contribution in [0, 0.1) is 0 Å². The van der Waals surface area contributed by atoms with Crippen molar-refractivity contribution in [3.05, 3.63) is 45.0 Å². The largest absolute Gasteiger partial charge is 0.254 e. The first-order valence-electron chi connectivity index (χ1n) is 6.35. The maximum absolute atomic E-state index is 12.8. The molecule has 8 heteroatoms. The molecule has 3 rings (SSSR count). The Balaban J connectivity index is 1.94. The Bertz CT molecular complexity index is 759. The van der Waals surface area contributed by atoms with Crippen LogP contribution < -0.4 is 0 Å². The van der Waals surface area contributed by atoms with Crippen LogP contribution in [0.3, 0.4) is 0 Å². The number of hydrogen-bond donors (Lipinski definition) is 0. The van der Waals surface area contributed by atoms with Gasteiger partial charge in [-0.3, -0.25) is 0 Å². The second-order valence-corrected chi connectivity index (χ2v) is 9.39. The molecule has 1 aliphatic rings. The Labute approximate surface area is 140 Å². The fourth-order valence-electron chi connectivity index (χ4n) is 2.04. The van der Waals surface area contributed by atoms with Gasteiger partial charge in [0.25, 0.3) is 10.0 Å². The number of nitrogens with zero attached hydrogens (tertiary/aromatic N) is 2. The molecule has 112 valence electrons. The first-order valence-corrected chi connectivity index (χ1v) is 9.78. The second-order valence-electron chi connectivity index (χ2n) is 4.81. The topological polar surface area (TPSA) is 50.3 Å². The Kier molecular flexibility index (Phi) is 4.38. The van der Waals surface area contributed by atoms with E-state index in [0.717, 1.165) is 34.2 Å². The van der Waals surface area contributed by atoms with Gasteiger partial charge in [-0.15, -0.1) is 0 Å². The number of sulfonamides is 1. The van der Waals surface area contributed by atoms with Crippen molar-refractivity contribution < 1.29 is 8.42 Å². The van der Waals surface area contributed by atoms with E-state index in [-0.39, 0.29) is 14.7 Å². The molecule has 1 aliphatic carbocycles. The molecule has 0 unspecified atom stereocenters. The highest BCUT2D eigenvalue weighted by molar-refractivity contribution is 9.10. The third-order valence-corrected chi connectivity index (χ3v) is 7.48. The standard InChI is InChI=1S/C13H12BrClN2O2S2/c14-11-4-2-1-3-9(11)8-17(10-5-6-10)21(18,19)12-7-16-13(15)20-12/h1-4,7,10H,5-6,8H2. The van der Waals surface area contributed by atoms with Gasteiger partial charge >= 0.3 is 0 Å². The summed E-state index contributed by atoms with van der Waals surface area (Å²) in [6, 6.07) is 7.72. The van der Waals surface area contributed by atoms with E-state index in [1.807, 2.05) is 24.3 Å². The summed E-state index contributed by atoms with van der Waals surface area (Å²) < 4.78 is 28.4. The molecule has 2 aromatic rings. The van der Waals surface area contributed by atoms with Gasteiger partial charge in [0, 0.05) is 17.1 Å². The van der Waals surface area contributed by atoms with Gasteiger partial charge in [-0.2, -0.15) is 4.31 Å². The molecular weight excluding hydrogens is 396 g/mol. The molecule has 0 N–H and O–H groups in total. The van der Waals surface area contributed by atoms with Crippen LogP contribution >= 0.6 is 38.9 Å². The van der Waals surface area contributed by atoms with Crippen LogP contribution in [0.25, 0.3) is 0 Å². The van der Waals surface area contributed by atoms with E-state index in [9.17, 15) is 8.42 Å². The van der Waals surface area contributed by atoms with Gasteiger partial charge in [0.2, 0.25) is 0 Å². The predicted molar refractivity (Wildman–Crippen MR) is 87.0 cm³/mol. The fraction of sp³-hybridized carbons (Fsp3) is 0.308. The van der Waals surface area contributed by atoms with Crippen LogP contribution in [0.4, 0.5) is 0 Å². The number of thiazole rings is 1.